The zero-order chi connectivity index (χ0) is 14.0. The van der Waals surface area contributed by atoms with Crippen molar-refractivity contribution in [3.8, 4) is 0 Å². The average Bonchev–Trinajstić information content (AvgIpc) is 3.08. The summed E-state index contributed by atoms with van der Waals surface area (Å²) in [7, 11) is 0. The maximum absolute atomic E-state index is 12.4. The fourth-order valence-electron chi connectivity index (χ4n) is 2.29. The first-order valence-corrected chi connectivity index (χ1v) is 6.59. The van der Waals surface area contributed by atoms with E-state index in [1.807, 2.05) is 31.2 Å². The molecule has 0 bridgehead atoms. The molecule has 1 aliphatic rings. The summed E-state index contributed by atoms with van der Waals surface area (Å²) in [5, 5.41) is 8.83. The van der Waals surface area contributed by atoms with E-state index in [9.17, 15) is 9.59 Å². The van der Waals surface area contributed by atoms with Crippen LogP contribution in [0.3, 0.4) is 0 Å². The van der Waals surface area contributed by atoms with Gasteiger partial charge in [0, 0.05) is 18.2 Å². The first kappa shape index (κ1) is 13.6. The van der Waals surface area contributed by atoms with E-state index in [4.69, 9.17) is 5.11 Å². The van der Waals surface area contributed by atoms with Gasteiger partial charge >= 0.3 is 5.97 Å². The van der Waals surface area contributed by atoms with Gasteiger partial charge in [-0.15, -0.1) is 0 Å². The minimum absolute atomic E-state index is 0.0266. The molecule has 0 heterocycles. The zero-order valence-electron chi connectivity index (χ0n) is 11.3. The van der Waals surface area contributed by atoms with Gasteiger partial charge in [-0.1, -0.05) is 25.1 Å². The largest absolute Gasteiger partial charge is 0.481 e. The van der Waals surface area contributed by atoms with Gasteiger partial charge in [-0.25, -0.2) is 0 Å². The summed E-state index contributed by atoms with van der Waals surface area (Å²) in [6, 6.07) is 7.60. The molecule has 4 heteroatoms. The molecule has 2 atom stereocenters. The number of amides is 1. The summed E-state index contributed by atoms with van der Waals surface area (Å²) in [4.78, 5) is 24.8. The summed E-state index contributed by atoms with van der Waals surface area (Å²) in [6.07, 6.45) is 0.884. The Labute approximate surface area is 113 Å². The summed E-state index contributed by atoms with van der Waals surface area (Å²) in [5.74, 6) is -0.337. The molecule has 0 radical (unpaired) electrons. The number of carbonyl (C=O) groups is 2. The highest BCUT2D eigenvalue weighted by Crippen LogP contribution is 2.40. The minimum Gasteiger partial charge on any atom is -0.481 e. The molecular weight excluding hydrogens is 242 g/mol. The predicted molar refractivity (Wildman–Crippen MR) is 73.1 cm³/mol. The number of aryl methyl sites for hydroxylation is 1. The highest BCUT2D eigenvalue weighted by molar-refractivity contribution is 5.97. The molecule has 2 unspecified atom stereocenters. The number of para-hydroxylation sites is 1. The first-order valence-electron chi connectivity index (χ1n) is 6.59. The molecule has 2 rings (SSSR count). The smallest absolute Gasteiger partial charge is 0.305 e. The fourth-order valence-corrected chi connectivity index (χ4v) is 2.29. The zero-order valence-corrected chi connectivity index (χ0v) is 11.3. The van der Waals surface area contributed by atoms with Crippen LogP contribution in [0.5, 0.6) is 0 Å². The lowest BCUT2D eigenvalue weighted by Crippen LogP contribution is -2.35. The van der Waals surface area contributed by atoms with Crippen molar-refractivity contribution in [3.63, 3.8) is 0 Å². The first-order chi connectivity index (χ1) is 9.00. The van der Waals surface area contributed by atoms with Gasteiger partial charge in [-0.3, -0.25) is 9.59 Å². The molecule has 0 spiro atoms. The normalized spacial score (nSPS) is 20.9. The van der Waals surface area contributed by atoms with Crippen LogP contribution in [0.15, 0.2) is 24.3 Å². The number of anilines is 1. The molecule has 0 aromatic heterocycles. The Morgan fingerprint density at radius 3 is 2.53 bits per heavy atom. The average molecular weight is 261 g/mol. The van der Waals surface area contributed by atoms with Crippen molar-refractivity contribution in [3.05, 3.63) is 29.8 Å². The van der Waals surface area contributed by atoms with Crippen LogP contribution in [0.2, 0.25) is 0 Å². The van der Waals surface area contributed by atoms with Crippen molar-refractivity contribution < 1.29 is 14.7 Å². The Hall–Kier alpha value is -1.84. The van der Waals surface area contributed by atoms with E-state index in [0.717, 1.165) is 17.7 Å². The van der Waals surface area contributed by atoms with Crippen LogP contribution in [0, 0.1) is 18.8 Å². The SMILES string of the molecule is Cc1ccccc1N(CCC(=O)O)C(=O)C1CC1C. The van der Waals surface area contributed by atoms with Gasteiger partial charge in [0.1, 0.15) is 0 Å². The molecule has 1 amide bonds. The molecular formula is C15H19NO3. The van der Waals surface area contributed by atoms with E-state index in [0.29, 0.717) is 5.92 Å². The van der Waals surface area contributed by atoms with Crippen LogP contribution in [-0.4, -0.2) is 23.5 Å². The van der Waals surface area contributed by atoms with Crippen LogP contribution >= 0.6 is 0 Å². The van der Waals surface area contributed by atoms with Gasteiger partial charge in [0.15, 0.2) is 0 Å². The van der Waals surface area contributed by atoms with Crippen molar-refractivity contribution in [2.45, 2.75) is 26.7 Å². The summed E-state index contributed by atoms with van der Waals surface area (Å²) in [5.41, 5.74) is 1.82. The molecule has 1 aromatic rings. The number of aliphatic carboxylic acids is 1. The number of carboxylic acids is 1. The predicted octanol–water partition coefficient (Wildman–Crippen LogP) is 2.46. The van der Waals surface area contributed by atoms with Crippen molar-refractivity contribution in [2.24, 2.45) is 11.8 Å². The number of rotatable bonds is 5. The van der Waals surface area contributed by atoms with E-state index in [1.165, 1.54) is 0 Å². The maximum Gasteiger partial charge on any atom is 0.305 e. The second-order valence-corrected chi connectivity index (χ2v) is 5.24. The third-order valence-electron chi connectivity index (χ3n) is 3.65. The van der Waals surface area contributed by atoms with Gasteiger partial charge in [-0.05, 0) is 30.9 Å². The molecule has 1 saturated carbocycles. The Kier molecular flexibility index (Phi) is 3.88. The van der Waals surface area contributed by atoms with Gasteiger partial charge in [0.2, 0.25) is 5.91 Å². The van der Waals surface area contributed by atoms with E-state index in [-0.39, 0.29) is 24.8 Å². The van der Waals surface area contributed by atoms with E-state index in [1.54, 1.807) is 4.90 Å². The molecule has 1 N–H and O–H groups in total. The second kappa shape index (κ2) is 5.43. The molecule has 0 aliphatic heterocycles. The number of hydrogen-bond acceptors (Lipinski definition) is 2. The van der Waals surface area contributed by atoms with Crippen LogP contribution in [-0.2, 0) is 9.59 Å². The molecule has 1 fully saturated rings. The number of carboxylic acid groups (broad SMARTS) is 1. The Morgan fingerprint density at radius 1 is 1.37 bits per heavy atom. The summed E-state index contributed by atoms with van der Waals surface area (Å²) in [6.45, 7) is 4.23. The van der Waals surface area contributed by atoms with E-state index in [2.05, 4.69) is 6.92 Å². The minimum atomic E-state index is -0.879. The second-order valence-electron chi connectivity index (χ2n) is 5.24. The van der Waals surface area contributed by atoms with Crippen LogP contribution in [0.4, 0.5) is 5.69 Å². The third-order valence-corrected chi connectivity index (χ3v) is 3.65. The van der Waals surface area contributed by atoms with Crippen LogP contribution < -0.4 is 4.90 Å². The molecule has 102 valence electrons. The molecule has 1 aliphatic carbocycles. The number of benzene rings is 1. The Bertz CT molecular complexity index is 498. The highest BCUT2D eigenvalue weighted by Gasteiger charge is 2.42. The van der Waals surface area contributed by atoms with Crippen molar-refractivity contribution in [1.29, 1.82) is 0 Å². The molecule has 19 heavy (non-hydrogen) atoms. The van der Waals surface area contributed by atoms with Crippen molar-refractivity contribution >= 4 is 17.6 Å². The lowest BCUT2D eigenvalue weighted by molar-refractivity contribution is -0.136. The van der Waals surface area contributed by atoms with E-state index < -0.39 is 5.97 Å². The molecule has 4 nitrogen and oxygen atoms in total. The van der Waals surface area contributed by atoms with Crippen molar-refractivity contribution in [1.82, 2.24) is 0 Å². The van der Waals surface area contributed by atoms with Gasteiger partial charge < -0.3 is 10.0 Å². The standard InChI is InChI=1S/C15H19NO3/c1-10-5-3-4-6-13(10)16(8-7-14(17)18)15(19)12-9-11(12)2/h3-6,11-12H,7-9H2,1-2H3,(H,17,18). The number of hydrogen-bond donors (Lipinski definition) is 1. The van der Waals surface area contributed by atoms with Crippen LogP contribution in [0.25, 0.3) is 0 Å². The van der Waals surface area contributed by atoms with E-state index >= 15 is 0 Å². The van der Waals surface area contributed by atoms with Gasteiger partial charge in [0.25, 0.3) is 0 Å². The third kappa shape index (κ3) is 3.13. The molecule has 1 aromatic carbocycles. The van der Waals surface area contributed by atoms with Crippen LogP contribution in [0.1, 0.15) is 25.3 Å². The quantitative estimate of drug-likeness (QED) is 0.885. The highest BCUT2D eigenvalue weighted by atomic mass is 16.4. The molecule has 0 saturated heterocycles. The fraction of sp³-hybridized carbons (Fsp3) is 0.467. The maximum atomic E-state index is 12.4. The lowest BCUT2D eigenvalue weighted by atomic mass is 10.1. The van der Waals surface area contributed by atoms with Gasteiger partial charge in [-0.2, -0.15) is 0 Å². The Balaban J connectivity index is 2.21. The monoisotopic (exact) mass is 261 g/mol. The number of nitrogens with zero attached hydrogens (tertiary/aromatic N) is 1. The number of carbonyl (C=O) groups excluding carboxylic acids is 1. The summed E-state index contributed by atoms with van der Waals surface area (Å²) >= 11 is 0. The Morgan fingerprint density at radius 2 is 2.00 bits per heavy atom. The summed E-state index contributed by atoms with van der Waals surface area (Å²) < 4.78 is 0. The lowest BCUT2D eigenvalue weighted by Gasteiger charge is -2.24. The van der Waals surface area contributed by atoms with Gasteiger partial charge in [0.05, 0.1) is 6.42 Å². The van der Waals surface area contributed by atoms with Crippen molar-refractivity contribution in [2.75, 3.05) is 11.4 Å². The topological polar surface area (TPSA) is 57.6 Å².